The van der Waals surface area contributed by atoms with Crippen LogP contribution in [0.25, 0.3) is 0 Å². The molecular weight excluding hydrogens is 490 g/mol. The van der Waals surface area contributed by atoms with E-state index >= 15 is 0 Å². The maximum Gasteiger partial charge on any atom is 0.312 e. The molecule has 4 fully saturated rings. The van der Waals surface area contributed by atoms with E-state index in [1.165, 1.54) is 0 Å². The van der Waals surface area contributed by atoms with E-state index in [-0.39, 0.29) is 30.9 Å². The van der Waals surface area contributed by atoms with Gasteiger partial charge in [-0.05, 0) is 32.6 Å². The summed E-state index contributed by atoms with van der Waals surface area (Å²) in [7, 11) is 0. The second kappa shape index (κ2) is 11.6. The van der Waals surface area contributed by atoms with Crippen LogP contribution in [-0.4, -0.2) is 120 Å². The zero-order valence-corrected chi connectivity index (χ0v) is 23.4. The number of ether oxygens (including phenoxy) is 3. The summed E-state index contributed by atoms with van der Waals surface area (Å²) in [5, 5.41) is 10.5. The number of amides is 2. The molecular formula is C28H45N3O7. The molecule has 38 heavy (non-hydrogen) atoms. The van der Waals surface area contributed by atoms with Gasteiger partial charge in [0.1, 0.15) is 17.6 Å². The van der Waals surface area contributed by atoms with E-state index in [0.717, 1.165) is 19.5 Å². The van der Waals surface area contributed by atoms with Crippen LogP contribution in [0, 0.1) is 17.8 Å². The predicted octanol–water partition coefficient (Wildman–Crippen LogP) is 1.07. The first kappa shape index (κ1) is 29.0. The molecule has 1 spiro atoms. The number of esters is 1. The molecule has 4 heterocycles. The van der Waals surface area contributed by atoms with Gasteiger partial charge < -0.3 is 29.1 Å². The Morgan fingerprint density at radius 2 is 2.00 bits per heavy atom. The lowest BCUT2D eigenvalue weighted by molar-refractivity contribution is -0.162. The van der Waals surface area contributed by atoms with Crippen LogP contribution in [0.5, 0.6) is 0 Å². The van der Waals surface area contributed by atoms with Gasteiger partial charge in [0.15, 0.2) is 0 Å². The molecule has 0 aliphatic carbocycles. The first-order valence-electron chi connectivity index (χ1n) is 14.2. The lowest BCUT2D eigenvalue weighted by atomic mass is 9.66. The lowest BCUT2D eigenvalue weighted by Crippen LogP contribution is -2.60. The maximum atomic E-state index is 14.5. The largest absolute Gasteiger partial charge is 0.466 e. The second-order valence-electron chi connectivity index (χ2n) is 11.4. The molecule has 2 unspecified atom stereocenters. The van der Waals surface area contributed by atoms with E-state index in [0.29, 0.717) is 45.7 Å². The highest BCUT2D eigenvalue weighted by atomic mass is 16.6. The minimum absolute atomic E-state index is 0.0514. The number of nitrogens with zero attached hydrogens (tertiary/aromatic N) is 3. The van der Waals surface area contributed by atoms with E-state index in [1.807, 2.05) is 20.8 Å². The fourth-order valence-corrected chi connectivity index (χ4v) is 7.11. The molecule has 7 atom stereocenters. The minimum atomic E-state index is -1.14. The van der Waals surface area contributed by atoms with Gasteiger partial charge >= 0.3 is 5.97 Å². The summed E-state index contributed by atoms with van der Waals surface area (Å²) in [4.78, 5) is 47.5. The highest BCUT2D eigenvalue weighted by Gasteiger charge is 2.79. The van der Waals surface area contributed by atoms with Gasteiger partial charge in [-0.2, -0.15) is 0 Å². The number of carbonyl (C=O) groups is 3. The van der Waals surface area contributed by atoms with Crippen molar-refractivity contribution in [2.45, 2.75) is 70.2 Å². The average molecular weight is 536 g/mol. The monoisotopic (exact) mass is 535 g/mol. The molecule has 0 aromatic carbocycles. The van der Waals surface area contributed by atoms with Crippen molar-refractivity contribution in [3.05, 3.63) is 12.7 Å². The third-order valence-electron chi connectivity index (χ3n) is 9.29. The van der Waals surface area contributed by atoms with E-state index in [4.69, 9.17) is 14.2 Å². The highest BCUT2D eigenvalue weighted by molar-refractivity contribution is 5.98. The topological polar surface area (TPSA) is 109 Å². The van der Waals surface area contributed by atoms with Crippen LogP contribution < -0.4 is 0 Å². The molecule has 2 amide bonds. The van der Waals surface area contributed by atoms with Gasteiger partial charge in [0.05, 0.1) is 44.0 Å². The van der Waals surface area contributed by atoms with Crippen molar-refractivity contribution < 1.29 is 33.7 Å². The van der Waals surface area contributed by atoms with E-state index in [2.05, 4.69) is 11.5 Å². The molecule has 10 heteroatoms. The number of carbonyl (C=O) groups excluding carboxylic acids is 3. The van der Waals surface area contributed by atoms with Crippen molar-refractivity contribution in [2.24, 2.45) is 17.8 Å². The van der Waals surface area contributed by atoms with E-state index in [9.17, 15) is 19.5 Å². The molecule has 0 aromatic heterocycles. The summed E-state index contributed by atoms with van der Waals surface area (Å²) in [6, 6.07) is -1.50. The summed E-state index contributed by atoms with van der Waals surface area (Å²) in [5.74, 6) is -2.63. The zero-order chi connectivity index (χ0) is 27.7. The Morgan fingerprint density at radius 3 is 2.61 bits per heavy atom. The number of likely N-dealkylation sites (tertiary alicyclic amines) is 1. The first-order chi connectivity index (χ1) is 18.2. The van der Waals surface area contributed by atoms with Crippen molar-refractivity contribution in [3.63, 3.8) is 0 Å². The Kier molecular flexibility index (Phi) is 8.86. The van der Waals surface area contributed by atoms with Crippen molar-refractivity contribution in [3.8, 4) is 0 Å². The van der Waals surface area contributed by atoms with Gasteiger partial charge in [-0.3, -0.25) is 19.3 Å². The SMILES string of the molecule is C=CCN(CCN1CCOCC1)C(=O)C1N([C@@H](CO)[C@@H](C)CC)C(=O)[C@@H]2[C@@H](C(=O)OCC)[C@@]3(C)CCC12O3. The summed E-state index contributed by atoms with van der Waals surface area (Å²) < 4.78 is 17.5. The van der Waals surface area contributed by atoms with Crippen LogP contribution in [0.15, 0.2) is 12.7 Å². The number of aliphatic hydroxyl groups excluding tert-OH is 1. The van der Waals surface area contributed by atoms with Crippen LogP contribution in [0.3, 0.4) is 0 Å². The van der Waals surface area contributed by atoms with Crippen LogP contribution in [0.4, 0.5) is 0 Å². The predicted molar refractivity (Wildman–Crippen MR) is 140 cm³/mol. The highest BCUT2D eigenvalue weighted by Crippen LogP contribution is 2.64. The number of hydrogen-bond donors (Lipinski definition) is 1. The summed E-state index contributed by atoms with van der Waals surface area (Å²) >= 11 is 0. The fraction of sp³-hybridized carbons (Fsp3) is 0.821. The van der Waals surface area contributed by atoms with Crippen molar-refractivity contribution in [2.75, 3.05) is 59.2 Å². The molecule has 4 aliphatic heterocycles. The molecule has 10 nitrogen and oxygen atoms in total. The maximum absolute atomic E-state index is 14.5. The Hall–Kier alpha value is -2.01. The van der Waals surface area contributed by atoms with Crippen LogP contribution in [-0.2, 0) is 28.6 Å². The van der Waals surface area contributed by atoms with Gasteiger partial charge in [0.2, 0.25) is 11.8 Å². The van der Waals surface area contributed by atoms with Crippen molar-refractivity contribution >= 4 is 17.8 Å². The molecule has 4 saturated heterocycles. The molecule has 0 aromatic rings. The zero-order valence-electron chi connectivity index (χ0n) is 23.4. The van der Waals surface area contributed by atoms with Crippen molar-refractivity contribution in [1.82, 2.24) is 14.7 Å². The second-order valence-corrected chi connectivity index (χ2v) is 11.4. The Balaban J connectivity index is 1.72. The molecule has 4 rings (SSSR count). The fourth-order valence-electron chi connectivity index (χ4n) is 7.11. The smallest absolute Gasteiger partial charge is 0.312 e. The molecule has 1 N–H and O–H groups in total. The quantitative estimate of drug-likeness (QED) is 0.292. The Morgan fingerprint density at radius 1 is 1.29 bits per heavy atom. The van der Waals surface area contributed by atoms with Gasteiger partial charge in [-0.15, -0.1) is 6.58 Å². The summed E-state index contributed by atoms with van der Waals surface area (Å²) in [6.07, 6.45) is 3.47. The first-order valence-corrected chi connectivity index (χ1v) is 14.2. The molecule has 0 radical (unpaired) electrons. The third kappa shape index (κ3) is 4.78. The number of hydrogen-bond acceptors (Lipinski definition) is 8. The van der Waals surface area contributed by atoms with Gasteiger partial charge in [0.25, 0.3) is 0 Å². The number of morpholine rings is 1. The Labute approximate surface area is 226 Å². The van der Waals surface area contributed by atoms with Crippen LogP contribution in [0.2, 0.25) is 0 Å². The Bertz CT molecular complexity index is 909. The molecule has 0 saturated carbocycles. The summed E-state index contributed by atoms with van der Waals surface area (Å²) in [6.45, 7) is 15.8. The van der Waals surface area contributed by atoms with E-state index in [1.54, 1.807) is 22.8 Å². The van der Waals surface area contributed by atoms with Gasteiger partial charge in [0, 0.05) is 32.7 Å². The molecule has 214 valence electrons. The van der Waals surface area contributed by atoms with Crippen LogP contribution in [0.1, 0.15) is 47.0 Å². The molecule has 4 aliphatic rings. The van der Waals surface area contributed by atoms with Gasteiger partial charge in [-0.1, -0.05) is 26.3 Å². The molecule has 2 bridgehead atoms. The normalized spacial score (nSPS) is 34.2. The summed E-state index contributed by atoms with van der Waals surface area (Å²) in [5.41, 5.74) is -2.01. The van der Waals surface area contributed by atoms with Gasteiger partial charge in [-0.25, -0.2) is 0 Å². The minimum Gasteiger partial charge on any atom is -0.466 e. The number of fused-ring (bicyclic) bond motifs is 1. The number of aliphatic hydroxyl groups is 1. The van der Waals surface area contributed by atoms with Crippen molar-refractivity contribution in [1.29, 1.82) is 0 Å². The lowest BCUT2D eigenvalue weighted by Gasteiger charge is -2.41. The number of rotatable bonds is 12. The van der Waals surface area contributed by atoms with Crippen LogP contribution >= 0.6 is 0 Å². The van der Waals surface area contributed by atoms with E-state index < -0.39 is 41.1 Å². The average Bonchev–Trinajstić information content (AvgIpc) is 3.48. The third-order valence-corrected chi connectivity index (χ3v) is 9.29. The standard InChI is InChI=1S/C28H45N3O7/c1-6-11-30(13-12-29-14-16-36-17-15-29)25(34)23-28-10-9-27(5,38-28)22(26(35)37-8-3)21(28)24(33)31(23)20(18-32)19(4)7-2/h6,19-23,32H,1,7-18H2,2-5H3/t19-,20-,21-,22-,23?,27+,28?/m0/s1.